The molecule has 0 aliphatic carbocycles. The zero-order chi connectivity index (χ0) is 11.3. The van der Waals surface area contributed by atoms with Gasteiger partial charge in [0.1, 0.15) is 0 Å². The molecule has 4 nitrogen and oxygen atoms in total. The van der Waals surface area contributed by atoms with E-state index in [-0.39, 0.29) is 6.04 Å². The second kappa shape index (κ2) is 5.82. The number of hydrogen-bond acceptors (Lipinski definition) is 3. The lowest BCUT2D eigenvalue weighted by molar-refractivity contribution is 0.587. The van der Waals surface area contributed by atoms with Gasteiger partial charge in [0.15, 0.2) is 0 Å². The van der Waals surface area contributed by atoms with Crippen LogP contribution >= 0.6 is 0 Å². The van der Waals surface area contributed by atoms with Gasteiger partial charge in [-0.15, -0.1) is 0 Å². The molecule has 15 heavy (non-hydrogen) atoms. The Hall–Kier alpha value is -0.940. The molecule has 0 spiro atoms. The predicted molar refractivity (Wildman–Crippen MR) is 63.8 cm³/mol. The van der Waals surface area contributed by atoms with Crippen LogP contribution in [0.4, 0.5) is 0 Å². The van der Waals surface area contributed by atoms with Gasteiger partial charge >= 0.3 is 0 Å². The van der Waals surface area contributed by atoms with Gasteiger partial charge in [0.25, 0.3) is 0 Å². The standard InChI is InChI=1S/C10H17N3OS/c1-4-13-7-10(6-12-13)5-11-9(2)8-15(3)14/h4,6-7,9,11H,1,5,8H2,2-3H3. The Bertz CT molecular complexity index is 348. The molecule has 0 aromatic carbocycles. The van der Waals surface area contributed by atoms with Gasteiger partial charge in [-0.1, -0.05) is 6.58 Å². The van der Waals surface area contributed by atoms with Crippen LogP contribution in [0.1, 0.15) is 12.5 Å². The van der Waals surface area contributed by atoms with Crippen molar-refractivity contribution in [3.05, 3.63) is 24.5 Å². The molecule has 1 heterocycles. The number of rotatable bonds is 6. The van der Waals surface area contributed by atoms with E-state index in [1.807, 2.05) is 13.1 Å². The minimum Gasteiger partial charge on any atom is -0.309 e. The Balaban J connectivity index is 2.36. The number of nitrogens with zero attached hydrogens (tertiary/aromatic N) is 2. The van der Waals surface area contributed by atoms with E-state index in [1.165, 1.54) is 0 Å². The molecule has 5 heteroatoms. The molecule has 0 radical (unpaired) electrons. The maximum absolute atomic E-state index is 11.0. The van der Waals surface area contributed by atoms with Gasteiger partial charge in [-0.05, 0) is 6.92 Å². The maximum atomic E-state index is 11.0. The van der Waals surface area contributed by atoms with Crippen molar-refractivity contribution in [2.45, 2.75) is 19.5 Å². The molecule has 0 saturated carbocycles. The monoisotopic (exact) mass is 227 g/mol. The lowest BCUT2D eigenvalue weighted by atomic mass is 10.3. The summed E-state index contributed by atoms with van der Waals surface area (Å²) >= 11 is 0. The number of aromatic nitrogens is 2. The highest BCUT2D eigenvalue weighted by atomic mass is 32.2. The third-order valence-electron chi connectivity index (χ3n) is 1.98. The summed E-state index contributed by atoms with van der Waals surface area (Å²) in [6.07, 6.45) is 7.07. The largest absolute Gasteiger partial charge is 0.309 e. The van der Waals surface area contributed by atoms with E-state index in [9.17, 15) is 4.21 Å². The fourth-order valence-electron chi connectivity index (χ4n) is 1.27. The molecule has 1 N–H and O–H groups in total. The van der Waals surface area contributed by atoms with Crippen molar-refractivity contribution in [3.8, 4) is 0 Å². The molecule has 1 aromatic rings. The molecule has 2 atom stereocenters. The molecule has 0 aliphatic heterocycles. The molecule has 2 unspecified atom stereocenters. The van der Waals surface area contributed by atoms with E-state index in [2.05, 4.69) is 17.0 Å². The highest BCUT2D eigenvalue weighted by Gasteiger charge is 2.04. The Kier molecular flexibility index (Phi) is 4.71. The van der Waals surface area contributed by atoms with Crippen molar-refractivity contribution >= 4 is 17.0 Å². The van der Waals surface area contributed by atoms with Crippen molar-refractivity contribution in [3.63, 3.8) is 0 Å². The first-order valence-corrected chi connectivity index (χ1v) is 6.53. The quantitative estimate of drug-likeness (QED) is 0.783. The third-order valence-corrected chi connectivity index (χ3v) is 2.95. The molecular formula is C10H17N3OS. The van der Waals surface area contributed by atoms with Crippen LogP contribution < -0.4 is 5.32 Å². The van der Waals surface area contributed by atoms with Crippen LogP contribution in [0.3, 0.4) is 0 Å². The average molecular weight is 227 g/mol. The highest BCUT2D eigenvalue weighted by molar-refractivity contribution is 7.84. The first-order chi connectivity index (χ1) is 7.11. The maximum Gasteiger partial charge on any atom is 0.0538 e. The lowest BCUT2D eigenvalue weighted by Crippen LogP contribution is -2.30. The topological polar surface area (TPSA) is 46.9 Å². The molecule has 0 saturated heterocycles. The van der Waals surface area contributed by atoms with Crippen molar-refractivity contribution < 1.29 is 4.21 Å². The minimum atomic E-state index is -0.749. The molecule has 0 bridgehead atoms. The number of hydrogen-bond donors (Lipinski definition) is 1. The van der Waals surface area contributed by atoms with Gasteiger partial charge in [-0.3, -0.25) is 4.21 Å². The van der Waals surface area contributed by atoms with E-state index >= 15 is 0 Å². The van der Waals surface area contributed by atoms with Crippen LogP contribution in [0.5, 0.6) is 0 Å². The zero-order valence-corrected chi connectivity index (χ0v) is 9.96. The van der Waals surface area contributed by atoms with Crippen molar-refractivity contribution in [2.75, 3.05) is 12.0 Å². The molecule has 0 aliphatic rings. The summed E-state index contributed by atoms with van der Waals surface area (Å²) in [5.41, 5.74) is 1.10. The van der Waals surface area contributed by atoms with E-state index in [1.54, 1.807) is 23.3 Å². The van der Waals surface area contributed by atoms with Crippen LogP contribution in [-0.4, -0.2) is 32.0 Å². The van der Waals surface area contributed by atoms with Gasteiger partial charge in [0.05, 0.1) is 6.20 Å². The average Bonchev–Trinajstić information content (AvgIpc) is 2.61. The van der Waals surface area contributed by atoms with Crippen LogP contribution in [-0.2, 0) is 17.3 Å². The third kappa shape index (κ3) is 4.40. The summed E-state index contributed by atoms with van der Waals surface area (Å²) in [6.45, 7) is 6.39. The van der Waals surface area contributed by atoms with E-state index in [0.29, 0.717) is 5.75 Å². The molecule has 84 valence electrons. The molecule has 0 fully saturated rings. The SMILES string of the molecule is C=Cn1cc(CNC(C)CS(C)=O)cn1. The fraction of sp³-hybridized carbons (Fsp3) is 0.500. The Morgan fingerprint density at radius 2 is 2.53 bits per heavy atom. The summed E-state index contributed by atoms with van der Waals surface area (Å²) in [6, 6.07) is 0.253. The minimum absolute atomic E-state index is 0.253. The molecule has 1 aromatic heterocycles. The van der Waals surface area contributed by atoms with E-state index in [4.69, 9.17) is 0 Å². The summed E-state index contributed by atoms with van der Waals surface area (Å²) in [5, 5.41) is 7.36. The summed E-state index contributed by atoms with van der Waals surface area (Å²) in [5.74, 6) is 0.676. The summed E-state index contributed by atoms with van der Waals surface area (Å²) in [7, 11) is -0.749. The number of nitrogens with one attached hydrogen (secondary N) is 1. The van der Waals surface area contributed by atoms with Crippen LogP contribution in [0.2, 0.25) is 0 Å². The summed E-state index contributed by atoms with van der Waals surface area (Å²) in [4.78, 5) is 0. The fourth-order valence-corrected chi connectivity index (χ4v) is 2.09. The Labute approximate surface area is 92.8 Å². The summed E-state index contributed by atoms with van der Waals surface area (Å²) < 4.78 is 12.6. The second-order valence-corrected chi connectivity index (χ2v) is 5.01. The van der Waals surface area contributed by atoms with Crippen molar-refractivity contribution in [2.24, 2.45) is 0 Å². The van der Waals surface area contributed by atoms with Gasteiger partial charge in [-0.2, -0.15) is 5.10 Å². The van der Waals surface area contributed by atoms with Crippen LogP contribution in [0, 0.1) is 0 Å². The normalized spacial score (nSPS) is 14.8. The van der Waals surface area contributed by atoms with Crippen molar-refractivity contribution in [1.82, 2.24) is 15.1 Å². The second-order valence-electron chi connectivity index (χ2n) is 3.53. The van der Waals surface area contributed by atoms with E-state index in [0.717, 1.165) is 12.1 Å². The van der Waals surface area contributed by atoms with Gasteiger partial charge in [-0.25, -0.2) is 4.68 Å². The van der Waals surface area contributed by atoms with Crippen LogP contribution in [0.15, 0.2) is 19.0 Å². The zero-order valence-electron chi connectivity index (χ0n) is 9.14. The van der Waals surface area contributed by atoms with Crippen LogP contribution in [0.25, 0.3) is 6.20 Å². The Morgan fingerprint density at radius 1 is 1.80 bits per heavy atom. The van der Waals surface area contributed by atoms with Crippen molar-refractivity contribution in [1.29, 1.82) is 0 Å². The van der Waals surface area contributed by atoms with Gasteiger partial charge in [0.2, 0.25) is 0 Å². The Morgan fingerprint density at radius 3 is 3.07 bits per heavy atom. The lowest BCUT2D eigenvalue weighted by Gasteiger charge is -2.10. The molecule has 0 amide bonds. The van der Waals surface area contributed by atoms with Gasteiger partial charge < -0.3 is 5.32 Å². The smallest absolute Gasteiger partial charge is 0.0538 e. The van der Waals surface area contributed by atoms with E-state index < -0.39 is 10.8 Å². The first kappa shape index (κ1) is 12.1. The highest BCUT2D eigenvalue weighted by Crippen LogP contribution is 1.98. The molecular weight excluding hydrogens is 210 g/mol. The van der Waals surface area contributed by atoms with Gasteiger partial charge in [0, 0.05) is 53.4 Å². The molecule has 1 rings (SSSR count). The first-order valence-electron chi connectivity index (χ1n) is 4.81. The predicted octanol–water partition coefficient (Wildman–Crippen LogP) is 0.840.